The fourth-order valence-corrected chi connectivity index (χ4v) is 3.10. The van der Waals surface area contributed by atoms with Crippen molar-refractivity contribution in [3.8, 4) is 0 Å². The van der Waals surface area contributed by atoms with Gasteiger partial charge in [-0.3, -0.25) is 4.98 Å². The number of nitrogen functional groups attached to an aromatic ring is 1. The molecule has 2 N–H and O–H groups in total. The van der Waals surface area contributed by atoms with Gasteiger partial charge in [0.2, 0.25) is 0 Å². The summed E-state index contributed by atoms with van der Waals surface area (Å²) in [6, 6.07) is 8.25. The van der Waals surface area contributed by atoms with Gasteiger partial charge < -0.3 is 10.6 Å². The highest BCUT2D eigenvalue weighted by Gasteiger charge is 2.13. The van der Waals surface area contributed by atoms with Gasteiger partial charge in [-0.1, -0.05) is 19.3 Å². The summed E-state index contributed by atoms with van der Waals surface area (Å²) in [6.07, 6.45) is 6.65. The Morgan fingerprint density at radius 1 is 1.00 bits per heavy atom. The van der Waals surface area contributed by atoms with Gasteiger partial charge in [-0.15, -0.1) is 0 Å². The van der Waals surface area contributed by atoms with E-state index in [1.165, 1.54) is 43.2 Å². The first-order valence-corrected chi connectivity index (χ1v) is 7.66. The molecule has 20 heavy (non-hydrogen) atoms. The van der Waals surface area contributed by atoms with E-state index in [-0.39, 0.29) is 0 Å². The van der Waals surface area contributed by atoms with Crippen molar-refractivity contribution in [2.75, 3.05) is 23.7 Å². The maximum absolute atomic E-state index is 5.97. The molecule has 0 saturated carbocycles. The van der Waals surface area contributed by atoms with Crippen LogP contribution in [0.15, 0.2) is 24.3 Å². The summed E-state index contributed by atoms with van der Waals surface area (Å²) < 4.78 is 0. The van der Waals surface area contributed by atoms with Gasteiger partial charge in [-0.2, -0.15) is 0 Å². The van der Waals surface area contributed by atoms with Crippen molar-refractivity contribution in [2.24, 2.45) is 0 Å². The number of hydrogen-bond acceptors (Lipinski definition) is 3. The van der Waals surface area contributed by atoms with E-state index in [1.54, 1.807) is 0 Å². The molecule has 0 unspecified atom stereocenters. The maximum Gasteiger partial charge on any atom is 0.0727 e. The molecule has 2 heterocycles. The smallest absolute Gasteiger partial charge is 0.0727 e. The monoisotopic (exact) mass is 269 g/mol. The van der Waals surface area contributed by atoms with Crippen LogP contribution in [0, 0.1) is 6.92 Å². The summed E-state index contributed by atoms with van der Waals surface area (Å²) in [5, 5.41) is 1.19. The van der Waals surface area contributed by atoms with Crippen LogP contribution in [-0.4, -0.2) is 18.1 Å². The zero-order valence-electron chi connectivity index (χ0n) is 12.2. The second-order valence-electron chi connectivity index (χ2n) is 5.81. The summed E-state index contributed by atoms with van der Waals surface area (Å²) in [6.45, 7) is 4.37. The fourth-order valence-electron chi connectivity index (χ4n) is 3.10. The van der Waals surface area contributed by atoms with E-state index >= 15 is 0 Å². The molecule has 106 valence electrons. The molecule has 0 radical (unpaired) electrons. The van der Waals surface area contributed by atoms with Crippen LogP contribution < -0.4 is 10.6 Å². The molecule has 1 aliphatic rings. The van der Waals surface area contributed by atoms with Crippen molar-refractivity contribution < 1.29 is 0 Å². The van der Waals surface area contributed by atoms with Crippen LogP contribution in [0.4, 0.5) is 11.4 Å². The minimum Gasteiger partial charge on any atom is -0.399 e. The van der Waals surface area contributed by atoms with Crippen LogP contribution in [0.3, 0.4) is 0 Å². The van der Waals surface area contributed by atoms with Crippen LogP contribution in [0.25, 0.3) is 10.9 Å². The van der Waals surface area contributed by atoms with Crippen molar-refractivity contribution in [1.29, 1.82) is 0 Å². The summed E-state index contributed by atoms with van der Waals surface area (Å²) in [5.74, 6) is 0. The van der Waals surface area contributed by atoms with E-state index in [4.69, 9.17) is 5.73 Å². The first kappa shape index (κ1) is 13.2. The molecule has 2 aromatic rings. The average molecular weight is 269 g/mol. The first-order valence-electron chi connectivity index (χ1n) is 7.66. The fraction of sp³-hybridized carbons (Fsp3) is 0.471. The molecule has 1 aliphatic heterocycles. The molecule has 0 amide bonds. The molecule has 1 aromatic heterocycles. The number of aromatic nitrogens is 1. The van der Waals surface area contributed by atoms with Crippen LogP contribution in [0.5, 0.6) is 0 Å². The molecular weight excluding hydrogens is 246 g/mol. The van der Waals surface area contributed by atoms with Gasteiger partial charge >= 0.3 is 0 Å². The highest BCUT2D eigenvalue weighted by atomic mass is 15.1. The van der Waals surface area contributed by atoms with E-state index in [1.807, 2.05) is 12.1 Å². The Balaban J connectivity index is 2.05. The van der Waals surface area contributed by atoms with E-state index in [9.17, 15) is 0 Å². The van der Waals surface area contributed by atoms with Gasteiger partial charge in [0, 0.05) is 35.5 Å². The van der Waals surface area contributed by atoms with Gasteiger partial charge in [-0.05, 0) is 44.0 Å². The highest BCUT2D eigenvalue weighted by molar-refractivity contribution is 5.94. The molecule has 3 nitrogen and oxygen atoms in total. The second-order valence-corrected chi connectivity index (χ2v) is 5.81. The van der Waals surface area contributed by atoms with Crippen molar-refractivity contribution in [3.05, 3.63) is 30.0 Å². The average Bonchev–Trinajstić information content (AvgIpc) is 2.38. The topological polar surface area (TPSA) is 42.1 Å². The minimum absolute atomic E-state index is 0.816. The number of pyridine rings is 1. The Kier molecular flexibility index (Phi) is 3.77. The predicted molar refractivity (Wildman–Crippen MR) is 86.2 cm³/mol. The molecule has 0 spiro atoms. The van der Waals surface area contributed by atoms with Crippen LogP contribution in [0.2, 0.25) is 0 Å². The third-order valence-corrected chi connectivity index (χ3v) is 4.14. The standard InChI is InChI=1S/C17H23N3/c1-13-11-17(20-9-5-3-2-4-6-10-20)15-12-14(18)7-8-16(15)19-13/h7-8,11-12H,2-6,9-10,18H2,1H3. The van der Waals surface area contributed by atoms with Crippen molar-refractivity contribution in [1.82, 2.24) is 4.98 Å². The number of rotatable bonds is 1. The summed E-state index contributed by atoms with van der Waals surface area (Å²) >= 11 is 0. The highest BCUT2D eigenvalue weighted by Crippen LogP contribution is 2.29. The minimum atomic E-state index is 0.816. The lowest BCUT2D eigenvalue weighted by Gasteiger charge is -2.28. The van der Waals surface area contributed by atoms with Crippen molar-refractivity contribution >= 4 is 22.3 Å². The Bertz CT molecular complexity index is 598. The summed E-state index contributed by atoms with van der Waals surface area (Å²) in [4.78, 5) is 7.16. The van der Waals surface area contributed by atoms with E-state index in [0.29, 0.717) is 0 Å². The lowest BCUT2D eigenvalue weighted by molar-refractivity contribution is 0.557. The SMILES string of the molecule is Cc1cc(N2CCCCCCC2)c2cc(N)ccc2n1. The van der Waals surface area contributed by atoms with E-state index in [2.05, 4.69) is 28.9 Å². The van der Waals surface area contributed by atoms with Crippen LogP contribution in [0.1, 0.15) is 37.8 Å². The van der Waals surface area contributed by atoms with E-state index in [0.717, 1.165) is 30.0 Å². The zero-order valence-corrected chi connectivity index (χ0v) is 12.2. The van der Waals surface area contributed by atoms with Gasteiger partial charge in [0.15, 0.2) is 0 Å². The Hall–Kier alpha value is -1.77. The molecule has 0 bridgehead atoms. The lowest BCUT2D eigenvalue weighted by atomic mass is 10.1. The molecule has 1 fully saturated rings. The molecule has 1 saturated heterocycles. The van der Waals surface area contributed by atoms with Crippen molar-refractivity contribution in [2.45, 2.75) is 39.0 Å². The molecule has 3 rings (SSSR count). The van der Waals surface area contributed by atoms with Crippen LogP contribution in [-0.2, 0) is 0 Å². The molecule has 3 heteroatoms. The number of nitrogens with two attached hydrogens (primary N) is 1. The molecule has 1 aromatic carbocycles. The zero-order chi connectivity index (χ0) is 13.9. The Labute approximate surface area is 120 Å². The molecular formula is C17H23N3. The second kappa shape index (κ2) is 5.70. The maximum atomic E-state index is 5.97. The number of nitrogens with zero attached hydrogens (tertiary/aromatic N) is 2. The number of fused-ring (bicyclic) bond motifs is 1. The van der Waals surface area contributed by atoms with Gasteiger partial charge in [0.25, 0.3) is 0 Å². The predicted octanol–water partition coefficient (Wildman–Crippen LogP) is 3.90. The number of anilines is 2. The Morgan fingerprint density at radius 3 is 2.45 bits per heavy atom. The lowest BCUT2D eigenvalue weighted by Crippen LogP contribution is -2.27. The quantitative estimate of drug-likeness (QED) is 0.798. The largest absolute Gasteiger partial charge is 0.399 e. The normalized spacial score (nSPS) is 16.9. The first-order chi connectivity index (χ1) is 9.74. The van der Waals surface area contributed by atoms with Gasteiger partial charge in [-0.25, -0.2) is 0 Å². The van der Waals surface area contributed by atoms with Crippen molar-refractivity contribution in [3.63, 3.8) is 0 Å². The number of hydrogen-bond donors (Lipinski definition) is 1. The van der Waals surface area contributed by atoms with Gasteiger partial charge in [0.05, 0.1) is 5.52 Å². The third kappa shape index (κ3) is 2.72. The van der Waals surface area contributed by atoms with E-state index < -0.39 is 0 Å². The molecule has 0 aliphatic carbocycles. The number of benzene rings is 1. The summed E-state index contributed by atoms with van der Waals surface area (Å²) in [5.41, 5.74) is 10.2. The Morgan fingerprint density at radius 2 is 1.70 bits per heavy atom. The van der Waals surface area contributed by atoms with Crippen LogP contribution >= 0.6 is 0 Å². The van der Waals surface area contributed by atoms with Gasteiger partial charge in [0.1, 0.15) is 0 Å². The summed E-state index contributed by atoms with van der Waals surface area (Å²) in [7, 11) is 0. The molecule has 0 atom stereocenters. The third-order valence-electron chi connectivity index (χ3n) is 4.14. The number of aryl methyl sites for hydroxylation is 1.